The Hall–Kier alpha value is -0.890. The van der Waals surface area contributed by atoms with Crippen molar-refractivity contribution in [2.24, 2.45) is 5.73 Å². The van der Waals surface area contributed by atoms with E-state index >= 15 is 0 Å². The number of aliphatic hydroxyl groups excluding tert-OH is 1. The molecule has 0 spiro atoms. The van der Waals surface area contributed by atoms with Crippen LogP contribution >= 0.6 is 0 Å². The first-order valence-corrected chi connectivity index (χ1v) is 5.99. The number of β-amino-alcohol motifs (C(OH)–C–C–N with tert-alkyl or cyclic N) is 1. The van der Waals surface area contributed by atoms with Crippen molar-refractivity contribution in [3.8, 4) is 0 Å². The Kier molecular flexibility index (Phi) is 3.86. The van der Waals surface area contributed by atoms with E-state index in [2.05, 4.69) is 0 Å². The summed E-state index contributed by atoms with van der Waals surface area (Å²) in [5.41, 5.74) is 5.66. The summed E-state index contributed by atoms with van der Waals surface area (Å²) in [6.07, 6.45) is 5.30. The smallest absolute Gasteiger partial charge is 0.267 e. The van der Waals surface area contributed by atoms with E-state index < -0.39 is 22.0 Å². The van der Waals surface area contributed by atoms with Crippen molar-refractivity contribution in [3.63, 3.8) is 0 Å². The predicted molar refractivity (Wildman–Crippen MR) is 55.4 cm³/mol. The molecule has 7 heteroatoms. The molecule has 1 rings (SSSR count). The van der Waals surface area contributed by atoms with Crippen molar-refractivity contribution in [3.05, 3.63) is 24.4 Å². The molecule has 0 amide bonds. The molecule has 86 valence electrons. The lowest BCUT2D eigenvalue weighted by Crippen LogP contribution is -2.43. The molecule has 15 heavy (non-hydrogen) atoms. The highest BCUT2D eigenvalue weighted by molar-refractivity contribution is 7.85. The summed E-state index contributed by atoms with van der Waals surface area (Å²) in [7, 11) is -4.15. The van der Waals surface area contributed by atoms with Crippen LogP contribution in [0.3, 0.4) is 0 Å². The van der Waals surface area contributed by atoms with Gasteiger partial charge in [-0.15, -0.1) is 0 Å². The van der Waals surface area contributed by atoms with Gasteiger partial charge in [0.25, 0.3) is 10.1 Å². The summed E-state index contributed by atoms with van der Waals surface area (Å²) >= 11 is 0. The van der Waals surface area contributed by atoms with E-state index in [1.165, 1.54) is 0 Å². The quantitative estimate of drug-likeness (QED) is 0.534. The molecule has 0 radical (unpaired) electrons. The van der Waals surface area contributed by atoms with Gasteiger partial charge in [-0.2, -0.15) is 8.42 Å². The lowest BCUT2D eigenvalue weighted by molar-refractivity contribution is 0.140. The third kappa shape index (κ3) is 4.43. The average molecular weight is 234 g/mol. The van der Waals surface area contributed by atoms with Crippen LogP contribution in [0.2, 0.25) is 0 Å². The van der Waals surface area contributed by atoms with E-state index in [-0.39, 0.29) is 12.7 Å². The largest absolute Gasteiger partial charge is 0.390 e. The molecule has 1 aliphatic rings. The van der Waals surface area contributed by atoms with Crippen molar-refractivity contribution < 1.29 is 18.1 Å². The van der Waals surface area contributed by atoms with Crippen molar-refractivity contribution >= 4 is 10.1 Å². The highest BCUT2D eigenvalue weighted by Crippen LogP contribution is 2.05. The predicted octanol–water partition coefficient (Wildman–Crippen LogP) is -1.09. The van der Waals surface area contributed by atoms with Crippen LogP contribution in [-0.4, -0.2) is 47.5 Å². The van der Waals surface area contributed by atoms with E-state index in [9.17, 15) is 13.5 Å². The first-order valence-electron chi connectivity index (χ1n) is 4.38. The van der Waals surface area contributed by atoms with Gasteiger partial charge in [0.2, 0.25) is 0 Å². The Morgan fingerprint density at radius 3 is 2.67 bits per heavy atom. The Morgan fingerprint density at radius 2 is 2.13 bits per heavy atom. The summed E-state index contributed by atoms with van der Waals surface area (Å²) < 4.78 is 29.5. The molecular weight excluding hydrogens is 220 g/mol. The standard InChI is InChI=1S/C8H14N2O4S/c9-8-3-1-2-4-10(8)5-7(11)6-15(12,13)14/h1-4,7-8,11H,5-6,9H2,(H,12,13,14). The van der Waals surface area contributed by atoms with Crippen LogP contribution in [0.5, 0.6) is 0 Å². The van der Waals surface area contributed by atoms with Crippen molar-refractivity contribution in [2.75, 3.05) is 12.3 Å². The fourth-order valence-corrected chi connectivity index (χ4v) is 1.86. The zero-order valence-corrected chi connectivity index (χ0v) is 8.84. The molecule has 0 bridgehead atoms. The molecule has 2 atom stereocenters. The van der Waals surface area contributed by atoms with Gasteiger partial charge >= 0.3 is 0 Å². The molecule has 0 saturated carbocycles. The molecule has 0 saturated heterocycles. The summed E-state index contributed by atoms with van der Waals surface area (Å²) in [5, 5.41) is 9.36. The number of rotatable bonds is 4. The molecule has 6 nitrogen and oxygen atoms in total. The van der Waals surface area contributed by atoms with E-state index in [0.717, 1.165) is 0 Å². The van der Waals surface area contributed by atoms with Crippen LogP contribution in [0.15, 0.2) is 24.4 Å². The second-order valence-corrected chi connectivity index (χ2v) is 4.81. The van der Waals surface area contributed by atoms with Gasteiger partial charge in [-0.3, -0.25) is 4.55 Å². The van der Waals surface area contributed by atoms with Gasteiger partial charge in [0.05, 0.1) is 12.3 Å². The zero-order valence-electron chi connectivity index (χ0n) is 8.02. The highest BCUT2D eigenvalue weighted by Gasteiger charge is 2.19. The lowest BCUT2D eigenvalue weighted by atomic mass is 10.2. The molecule has 1 aliphatic heterocycles. The van der Waals surface area contributed by atoms with Crippen molar-refractivity contribution in [2.45, 2.75) is 12.3 Å². The fraction of sp³-hybridized carbons (Fsp3) is 0.500. The van der Waals surface area contributed by atoms with Gasteiger partial charge < -0.3 is 15.7 Å². The highest BCUT2D eigenvalue weighted by atomic mass is 32.2. The topological polar surface area (TPSA) is 104 Å². The second-order valence-electron chi connectivity index (χ2n) is 3.32. The summed E-state index contributed by atoms with van der Waals surface area (Å²) in [6, 6.07) is 0. The SMILES string of the molecule is NC1C=CC=CN1CC(O)CS(=O)(=O)O. The Balaban J connectivity index is 2.48. The van der Waals surface area contributed by atoms with Gasteiger partial charge in [0, 0.05) is 12.7 Å². The van der Waals surface area contributed by atoms with Gasteiger partial charge in [0.1, 0.15) is 5.75 Å². The molecule has 0 aromatic carbocycles. The molecule has 0 aliphatic carbocycles. The second kappa shape index (κ2) is 4.75. The maximum absolute atomic E-state index is 10.5. The minimum atomic E-state index is -4.15. The van der Waals surface area contributed by atoms with E-state index in [0.29, 0.717) is 0 Å². The molecule has 1 heterocycles. The minimum absolute atomic E-state index is 0.0573. The van der Waals surface area contributed by atoms with Gasteiger partial charge in [-0.25, -0.2) is 0 Å². The maximum Gasteiger partial charge on any atom is 0.267 e. The summed E-state index contributed by atoms with van der Waals surface area (Å²) in [4.78, 5) is 1.58. The van der Waals surface area contributed by atoms with E-state index in [1.54, 1.807) is 29.3 Å². The number of nitrogens with zero attached hydrogens (tertiary/aromatic N) is 1. The Labute approximate surface area is 88.4 Å². The first kappa shape index (κ1) is 12.2. The number of hydrogen-bond acceptors (Lipinski definition) is 5. The third-order valence-corrected chi connectivity index (χ3v) is 2.71. The monoisotopic (exact) mass is 234 g/mol. The summed E-state index contributed by atoms with van der Waals surface area (Å²) in [5.74, 6) is -0.687. The summed E-state index contributed by atoms with van der Waals surface area (Å²) in [6.45, 7) is 0.0573. The number of aliphatic hydroxyl groups is 1. The number of allylic oxidation sites excluding steroid dienone is 2. The normalized spacial score (nSPS) is 23.1. The van der Waals surface area contributed by atoms with Crippen molar-refractivity contribution in [1.82, 2.24) is 4.90 Å². The fourth-order valence-electron chi connectivity index (χ4n) is 1.27. The Morgan fingerprint density at radius 1 is 1.47 bits per heavy atom. The molecular formula is C8H14N2O4S. The third-order valence-electron chi connectivity index (χ3n) is 1.90. The van der Waals surface area contributed by atoms with Gasteiger partial charge in [0.15, 0.2) is 0 Å². The van der Waals surface area contributed by atoms with Crippen molar-refractivity contribution in [1.29, 1.82) is 0 Å². The molecule has 0 aromatic heterocycles. The van der Waals surface area contributed by atoms with Crippen LogP contribution < -0.4 is 5.73 Å². The van der Waals surface area contributed by atoms with Crippen LogP contribution in [0.25, 0.3) is 0 Å². The van der Waals surface area contributed by atoms with E-state index in [4.69, 9.17) is 10.3 Å². The van der Waals surface area contributed by atoms with Gasteiger partial charge in [-0.1, -0.05) is 6.08 Å². The van der Waals surface area contributed by atoms with Crippen LogP contribution in [0, 0.1) is 0 Å². The maximum atomic E-state index is 10.5. The van der Waals surface area contributed by atoms with Crippen LogP contribution in [-0.2, 0) is 10.1 Å². The average Bonchev–Trinajstić information content (AvgIpc) is 2.05. The minimum Gasteiger partial charge on any atom is -0.390 e. The molecule has 2 unspecified atom stereocenters. The first-order chi connectivity index (χ1) is 6.88. The number of nitrogens with two attached hydrogens (primary N) is 1. The molecule has 0 aromatic rings. The zero-order chi connectivity index (χ0) is 11.5. The molecule has 0 fully saturated rings. The molecule has 4 N–H and O–H groups in total. The number of hydrogen-bond donors (Lipinski definition) is 3. The lowest BCUT2D eigenvalue weighted by Gasteiger charge is -2.28. The van der Waals surface area contributed by atoms with Crippen LogP contribution in [0.1, 0.15) is 0 Å². The van der Waals surface area contributed by atoms with Crippen LogP contribution in [0.4, 0.5) is 0 Å². The van der Waals surface area contributed by atoms with Gasteiger partial charge in [-0.05, 0) is 12.2 Å². The Bertz CT molecular complexity index is 363. The van der Waals surface area contributed by atoms with E-state index in [1.807, 2.05) is 0 Å².